The highest BCUT2D eigenvalue weighted by molar-refractivity contribution is 8.00. The highest BCUT2D eigenvalue weighted by Crippen LogP contribution is 2.36. The average Bonchev–Trinajstić information content (AvgIpc) is 2.63. The van der Waals surface area contributed by atoms with E-state index >= 15 is 0 Å². The van der Waals surface area contributed by atoms with Gasteiger partial charge >= 0.3 is 0 Å². The van der Waals surface area contributed by atoms with Gasteiger partial charge in [0, 0.05) is 10.6 Å². The van der Waals surface area contributed by atoms with Gasteiger partial charge in [-0.15, -0.1) is 11.8 Å². The van der Waals surface area contributed by atoms with Crippen LogP contribution in [0.15, 0.2) is 89.8 Å². The molecule has 1 N–H and O–H groups in total. The normalized spacial score (nSPS) is 11.7. The third kappa shape index (κ3) is 4.06. The minimum absolute atomic E-state index is 0.00986. The van der Waals surface area contributed by atoms with Crippen molar-refractivity contribution in [2.45, 2.75) is 17.1 Å². The number of amides is 1. The molecule has 1 unspecified atom stereocenters. The molecule has 0 bridgehead atoms. The van der Waals surface area contributed by atoms with E-state index in [0.29, 0.717) is 0 Å². The van der Waals surface area contributed by atoms with E-state index in [1.807, 2.05) is 91.9 Å². The lowest BCUT2D eigenvalue weighted by Gasteiger charge is -2.18. The van der Waals surface area contributed by atoms with Gasteiger partial charge in [-0.25, -0.2) is 0 Å². The SMILES string of the molecule is Cc1ccccc1NC(=O)C(Sc1ccccc1)c1ccccc1. The van der Waals surface area contributed by atoms with Gasteiger partial charge in [0.1, 0.15) is 5.25 Å². The lowest BCUT2D eigenvalue weighted by molar-refractivity contribution is -0.115. The Hall–Kier alpha value is -2.52. The van der Waals surface area contributed by atoms with Crippen molar-refractivity contribution < 1.29 is 4.79 Å². The molecule has 24 heavy (non-hydrogen) atoms. The molecule has 120 valence electrons. The summed E-state index contributed by atoms with van der Waals surface area (Å²) < 4.78 is 0. The van der Waals surface area contributed by atoms with Gasteiger partial charge in [-0.2, -0.15) is 0 Å². The van der Waals surface area contributed by atoms with Gasteiger partial charge in [0.15, 0.2) is 0 Å². The topological polar surface area (TPSA) is 29.1 Å². The number of aryl methyl sites for hydroxylation is 1. The number of anilines is 1. The number of carbonyl (C=O) groups excluding carboxylic acids is 1. The summed E-state index contributed by atoms with van der Waals surface area (Å²) in [4.78, 5) is 14.0. The number of benzene rings is 3. The van der Waals surface area contributed by atoms with E-state index in [2.05, 4.69) is 5.32 Å². The number of hydrogen-bond acceptors (Lipinski definition) is 2. The molecular weight excluding hydrogens is 314 g/mol. The molecule has 0 saturated heterocycles. The van der Waals surface area contributed by atoms with Crippen molar-refractivity contribution in [1.29, 1.82) is 0 Å². The van der Waals surface area contributed by atoms with Gasteiger partial charge in [0.2, 0.25) is 5.91 Å². The lowest BCUT2D eigenvalue weighted by atomic mass is 10.1. The van der Waals surface area contributed by atoms with Gasteiger partial charge in [-0.1, -0.05) is 66.7 Å². The Morgan fingerprint density at radius 3 is 2.08 bits per heavy atom. The van der Waals surface area contributed by atoms with Crippen molar-refractivity contribution in [3.05, 3.63) is 96.1 Å². The zero-order valence-corrected chi connectivity index (χ0v) is 14.3. The number of hydrogen-bond donors (Lipinski definition) is 1. The fourth-order valence-electron chi connectivity index (χ4n) is 2.45. The Morgan fingerprint density at radius 1 is 0.833 bits per heavy atom. The first kappa shape index (κ1) is 16.3. The smallest absolute Gasteiger partial charge is 0.242 e. The fourth-order valence-corrected chi connectivity index (χ4v) is 3.49. The van der Waals surface area contributed by atoms with Gasteiger partial charge in [-0.3, -0.25) is 4.79 Å². The first-order valence-corrected chi connectivity index (χ1v) is 8.75. The van der Waals surface area contributed by atoms with Crippen molar-refractivity contribution in [1.82, 2.24) is 0 Å². The molecule has 1 atom stereocenters. The van der Waals surface area contributed by atoms with Crippen LogP contribution in [0.25, 0.3) is 0 Å². The first-order valence-electron chi connectivity index (χ1n) is 7.87. The maximum absolute atomic E-state index is 12.9. The second-order valence-electron chi connectivity index (χ2n) is 5.53. The number of carbonyl (C=O) groups is 1. The number of nitrogens with one attached hydrogen (secondary N) is 1. The Balaban J connectivity index is 1.87. The molecule has 0 heterocycles. The predicted octanol–water partition coefficient (Wildman–Crippen LogP) is 5.47. The van der Waals surface area contributed by atoms with Crippen LogP contribution in [-0.4, -0.2) is 5.91 Å². The van der Waals surface area contributed by atoms with Gasteiger partial charge < -0.3 is 5.32 Å². The molecule has 1 amide bonds. The zero-order valence-electron chi connectivity index (χ0n) is 13.5. The second-order valence-corrected chi connectivity index (χ2v) is 6.70. The molecule has 3 rings (SSSR count). The van der Waals surface area contributed by atoms with Crippen molar-refractivity contribution in [3.8, 4) is 0 Å². The van der Waals surface area contributed by atoms with Crippen molar-refractivity contribution in [3.63, 3.8) is 0 Å². The van der Waals surface area contributed by atoms with Crippen LogP contribution in [0.1, 0.15) is 16.4 Å². The van der Waals surface area contributed by atoms with E-state index in [9.17, 15) is 4.79 Å². The number of thioether (sulfide) groups is 1. The summed E-state index contributed by atoms with van der Waals surface area (Å²) >= 11 is 1.56. The van der Waals surface area contributed by atoms with Crippen LogP contribution in [0.4, 0.5) is 5.69 Å². The summed E-state index contributed by atoms with van der Waals surface area (Å²) in [7, 11) is 0. The Kier molecular flexibility index (Phi) is 5.34. The third-order valence-corrected chi connectivity index (χ3v) is 5.01. The molecule has 0 aliphatic rings. The van der Waals surface area contributed by atoms with Gasteiger partial charge in [0.25, 0.3) is 0 Å². The standard InChI is InChI=1S/C21H19NOS/c1-16-10-8-9-15-19(16)22-21(23)20(17-11-4-2-5-12-17)24-18-13-6-3-7-14-18/h2-15,20H,1H3,(H,22,23). The summed E-state index contributed by atoms with van der Waals surface area (Å²) in [6, 6.07) is 27.8. The zero-order chi connectivity index (χ0) is 16.8. The monoisotopic (exact) mass is 333 g/mol. The van der Waals surface area contributed by atoms with Crippen molar-refractivity contribution in [2.24, 2.45) is 0 Å². The summed E-state index contributed by atoms with van der Waals surface area (Å²) in [5, 5.41) is 2.77. The van der Waals surface area contributed by atoms with Crippen LogP contribution in [-0.2, 0) is 4.79 Å². The highest BCUT2D eigenvalue weighted by Gasteiger charge is 2.22. The van der Waals surface area contributed by atoms with Crippen LogP contribution in [0.3, 0.4) is 0 Å². The van der Waals surface area contributed by atoms with Crippen molar-refractivity contribution >= 4 is 23.4 Å². The summed E-state index contributed by atoms with van der Waals surface area (Å²) in [5.74, 6) is -0.00986. The van der Waals surface area contributed by atoms with E-state index in [0.717, 1.165) is 21.7 Å². The first-order chi connectivity index (χ1) is 11.7. The molecule has 3 heteroatoms. The largest absolute Gasteiger partial charge is 0.325 e. The van der Waals surface area contributed by atoms with Crippen LogP contribution >= 0.6 is 11.8 Å². The summed E-state index contributed by atoms with van der Waals surface area (Å²) in [6.07, 6.45) is 0. The minimum Gasteiger partial charge on any atom is -0.325 e. The highest BCUT2D eigenvalue weighted by atomic mass is 32.2. The quantitative estimate of drug-likeness (QED) is 0.628. The fraction of sp³-hybridized carbons (Fsp3) is 0.0952. The van der Waals surface area contributed by atoms with Crippen LogP contribution in [0.2, 0.25) is 0 Å². The maximum Gasteiger partial charge on any atom is 0.242 e. The molecule has 0 aliphatic heterocycles. The van der Waals surface area contributed by atoms with Gasteiger partial charge in [0.05, 0.1) is 0 Å². The molecule has 0 fully saturated rings. The predicted molar refractivity (Wildman–Crippen MR) is 101 cm³/mol. The molecule has 0 radical (unpaired) electrons. The Labute approximate surface area is 146 Å². The molecule has 0 aromatic heterocycles. The molecule has 0 saturated carbocycles. The molecular formula is C21H19NOS. The lowest BCUT2D eigenvalue weighted by Crippen LogP contribution is -2.19. The number of para-hydroxylation sites is 1. The van der Waals surface area contributed by atoms with E-state index in [1.165, 1.54) is 0 Å². The Bertz CT molecular complexity index is 802. The molecule has 3 aromatic carbocycles. The molecule has 0 aliphatic carbocycles. The Morgan fingerprint density at radius 2 is 1.42 bits per heavy atom. The summed E-state index contributed by atoms with van der Waals surface area (Å²) in [5.41, 5.74) is 2.91. The van der Waals surface area contributed by atoms with E-state index in [4.69, 9.17) is 0 Å². The third-order valence-electron chi connectivity index (χ3n) is 3.74. The van der Waals surface area contributed by atoms with Crippen LogP contribution in [0, 0.1) is 6.92 Å². The van der Waals surface area contributed by atoms with E-state index in [1.54, 1.807) is 11.8 Å². The minimum atomic E-state index is -0.298. The maximum atomic E-state index is 12.9. The molecule has 0 spiro atoms. The summed E-state index contributed by atoms with van der Waals surface area (Å²) in [6.45, 7) is 2.00. The molecule has 2 nitrogen and oxygen atoms in total. The molecule has 3 aromatic rings. The van der Waals surface area contributed by atoms with Crippen LogP contribution in [0.5, 0.6) is 0 Å². The van der Waals surface area contributed by atoms with Crippen LogP contribution < -0.4 is 5.32 Å². The van der Waals surface area contributed by atoms with Gasteiger partial charge in [-0.05, 0) is 36.2 Å². The number of rotatable bonds is 5. The van der Waals surface area contributed by atoms with E-state index < -0.39 is 0 Å². The van der Waals surface area contributed by atoms with E-state index in [-0.39, 0.29) is 11.2 Å². The average molecular weight is 333 g/mol. The second kappa shape index (κ2) is 7.84. The van der Waals surface area contributed by atoms with Crippen molar-refractivity contribution in [2.75, 3.05) is 5.32 Å².